The summed E-state index contributed by atoms with van der Waals surface area (Å²) in [7, 11) is 0. The zero-order valence-electron chi connectivity index (χ0n) is 8.45. The molecule has 0 radical (unpaired) electrons. The van der Waals surface area contributed by atoms with Crippen LogP contribution < -0.4 is 10.1 Å². The van der Waals surface area contributed by atoms with Crippen LogP contribution in [-0.2, 0) is 0 Å². The SMILES string of the molecule is C#CC(C)Oc1cncc(NCC)c1. The van der Waals surface area contributed by atoms with Gasteiger partial charge in [0.25, 0.3) is 0 Å². The molecule has 0 saturated carbocycles. The molecular formula is C11H14N2O. The molecule has 0 spiro atoms. The summed E-state index contributed by atoms with van der Waals surface area (Å²) in [6, 6.07) is 1.88. The van der Waals surface area contributed by atoms with Crippen LogP contribution in [0.1, 0.15) is 13.8 Å². The second kappa shape index (κ2) is 5.13. The van der Waals surface area contributed by atoms with Gasteiger partial charge in [0, 0.05) is 12.6 Å². The lowest BCUT2D eigenvalue weighted by atomic mass is 10.3. The van der Waals surface area contributed by atoms with Crippen LogP contribution in [0.25, 0.3) is 0 Å². The van der Waals surface area contributed by atoms with E-state index in [1.54, 1.807) is 12.4 Å². The molecule has 0 aliphatic carbocycles. The standard InChI is InChI=1S/C11H14N2O/c1-4-9(3)14-11-6-10(13-5-2)7-12-8-11/h1,6-9,13H,5H2,2-3H3. The molecule has 1 atom stereocenters. The number of hydrogen-bond donors (Lipinski definition) is 1. The van der Waals surface area contributed by atoms with Gasteiger partial charge >= 0.3 is 0 Å². The molecule has 1 aromatic heterocycles. The van der Waals surface area contributed by atoms with Crippen molar-refractivity contribution in [2.24, 2.45) is 0 Å². The van der Waals surface area contributed by atoms with Crippen molar-refractivity contribution < 1.29 is 4.74 Å². The Morgan fingerprint density at radius 1 is 1.64 bits per heavy atom. The molecule has 0 aliphatic heterocycles. The van der Waals surface area contributed by atoms with Crippen molar-refractivity contribution in [3.63, 3.8) is 0 Å². The number of anilines is 1. The van der Waals surface area contributed by atoms with Crippen molar-refractivity contribution in [1.29, 1.82) is 0 Å². The van der Waals surface area contributed by atoms with Crippen molar-refractivity contribution in [2.75, 3.05) is 11.9 Å². The summed E-state index contributed by atoms with van der Waals surface area (Å²) >= 11 is 0. The lowest BCUT2D eigenvalue weighted by Gasteiger charge is -2.09. The van der Waals surface area contributed by atoms with Gasteiger partial charge in [-0.1, -0.05) is 5.92 Å². The van der Waals surface area contributed by atoms with Gasteiger partial charge in [-0.2, -0.15) is 0 Å². The zero-order valence-corrected chi connectivity index (χ0v) is 8.45. The Bertz CT molecular complexity index is 330. The first-order chi connectivity index (χ1) is 6.76. The fourth-order valence-corrected chi connectivity index (χ4v) is 1.02. The molecule has 1 heterocycles. The van der Waals surface area contributed by atoms with Crippen molar-refractivity contribution in [2.45, 2.75) is 20.0 Å². The average Bonchev–Trinajstić information content (AvgIpc) is 2.19. The highest BCUT2D eigenvalue weighted by molar-refractivity contribution is 5.45. The molecule has 0 fully saturated rings. The molecular weight excluding hydrogens is 176 g/mol. The Morgan fingerprint density at radius 3 is 3.07 bits per heavy atom. The van der Waals surface area contributed by atoms with Crippen molar-refractivity contribution >= 4 is 5.69 Å². The van der Waals surface area contributed by atoms with Gasteiger partial charge in [0.15, 0.2) is 6.10 Å². The molecule has 0 bridgehead atoms. The van der Waals surface area contributed by atoms with Gasteiger partial charge in [-0.15, -0.1) is 6.42 Å². The van der Waals surface area contributed by atoms with Gasteiger partial charge in [0.1, 0.15) is 5.75 Å². The quantitative estimate of drug-likeness (QED) is 0.736. The smallest absolute Gasteiger partial charge is 0.156 e. The highest BCUT2D eigenvalue weighted by atomic mass is 16.5. The van der Waals surface area contributed by atoms with Crippen LogP contribution in [-0.4, -0.2) is 17.6 Å². The molecule has 3 heteroatoms. The minimum atomic E-state index is -0.228. The summed E-state index contributed by atoms with van der Waals surface area (Å²) in [5.74, 6) is 3.18. The minimum Gasteiger partial charge on any atom is -0.476 e. The van der Waals surface area contributed by atoms with Gasteiger partial charge < -0.3 is 10.1 Å². The highest BCUT2D eigenvalue weighted by Gasteiger charge is 2.00. The number of hydrogen-bond acceptors (Lipinski definition) is 3. The third kappa shape index (κ3) is 2.98. The maximum Gasteiger partial charge on any atom is 0.156 e. The van der Waals surface area contributed by atoms with E-state index in [0.29, 0.717) is 5.75 Å². The van der Waals surface area contributed by atoms with E-state index in [9.17, 15) is 0 Å². The molecule has 74 valence electrons. The van der Waals surface area contributed by atoms with Crippen LogP contribution in [0.2, 0.25) is 0 Å². The Kier molecular flexibility index (Phi) is 3.81. The van der Waals surface area contributed by atoms with E-state index in [4.69, 9.17) is 11.2 Å². The normalized spacial score (nSPS) is 11.5. The van der Waals surface area contributed by atoms with Crippen LogP contribution >= 0.6 is 0 Å². The monoisotopic (exact) mass is 190 g/mol. The Labute approximate surface area is 84.5 Å². The fraction of sp³-hybridized carbons (Fsp3) is 0.364. The molecule has 1 unspecified atom stereocenters. The molecule has 0 saturated heterocycles. The molecule has 0 amide bonds. The average molecular weight is 190 g/mol. The first-order valence-corrected chi connectivity index (χ1v) is 4.58. The van der Waals surface area contributed by atoms with Crippen molar-refractivity contribution in [1.82, 2.24) is 4.98 Å². The lowest BCUT2D eigenvalue weighted by molar-refractivity contribution is 0.278. The number of nitrogens with one attached hydrogen (secondary N) is 1. The van der Waals surface area contributed by atoms with E-state index in [-0.39, 0.29) is 6.10 Å². The molecule has 1 N–H and O–H groups in total. The second-order valence-electron chi connectivity index (χ2n) is 2.87. The van der Waals surface area contributed by atoms with Crippen LogP contribution in [0.4, 0.5) is 5.69 Å². The Balaban J connectivity index is 2.69. The van der Waals surface area contributed by atoms with Gasteiger partial charge in [0.05, 0.1) is 18.1 Å². The fourth-order valence-electron chi connectivity index (χ4n) is 1.02. The number of ether oxygens (including phenoxy) is 1. The summed E-state index contributed by atoms with van der Waals surface area (Å²) in [6.07, 6.45) is 8.37. The maximum absolute atomic E-state index is 5.41. The first kappa shape index (κ1) is 10.4. The molecule has 14 heavy (non-hydrogen) atoms. The summed E-state index contributed by atoms with van der Waals surface area (Å²) in [6.45, 7) is 4.70. The van der Waals surface area contributed by atoms with Gasteiger partial charge in [-0.25, -0.2) is 0 Å². The number of aromatic nitrogens is 1. The van der Waals surface area contributed by atoms with Gasteiger partial charge in [-0.3, -0.25) is 4.98 Å². The maximum atomic E-state index is 5.41. The number of rotatable bonds is 4. The van der Waals surface area contributed by atoms with Gasteiger partial charge in [0.2, 0.25) is 0 Å². The summed E-state index contributed by atoms with van der Waals surface area (Å²) < 4.78 is 5.41. The van der Waals surface area contributed by atoms with E-state index in [1.807, 2.05) is 19.9 Å². The summed E-state index contributed by atoms with van der Waals surface area (Å²) in [4.78, 5) is 4.03. The largest absolute Gasteiger partial charge is 0.476 e. The van der Waals surface area contributed by atoms with Crippen LogP contribution in [0.5, 0.6) is 5.75 Å². The van der Waals surface area contributed by atoms with E-state index >= 15 is 0 Å². The molecule has 3 nitrogen and oxygen atoms in total. The van der Waals surface area contributed by atoms with E-state index in [2.05, 4.69) is 16.2 Å². The van der Waals surface area contributed by atoms with Crippen molar-refractivity contribution in [3.8, 4) is 18.1 Å². The van der Waals surface area contributed by atoms with Crippen LogP contribution in [0.3, 0.4) is 0 Å². The van der Waals surface area contributed by atoms with Crippen molar-refractivity contribution in [3.05, 3.63) is 18.5 Å². The third-order valence-corrected chi connectivity index (χ3v) is 1.64. The number of nitrogens with zero attached hydrogens (tertiary/aromatic N) is 1. The number of terminal acetylenes is 1. The Morgan fingerprint density at radius 2 is 2.43 bits per heavy atom. The summed E-state index contributed by atoms with van der Waals surface area (Å²) in [5, 5.41) is 3.15. The van der Waals surface area contributed by atoms with E-state index < -0.39 is 0 Å². The third-order valence-electron chi connectivity index (χ3n) is 1.64. The number of pyridine rings is 1. The summed E-state index contributed by atoms with van der Waals surface area (Å²) in [5.41, 5.74) is 0.939. The lowest BCUT2D eigenvalue weighted by Crippen LogP contribution is -2.08. The molecule has 0 aliphatic rings. The van der Waals surface area contributed by atoms with Crippen LogP contribution in [0.15, 0.2) is 18.5 Å². The zero-order chi connectivity index (χ0) is 10.4. The van der Waals surface area contributed by atoms with Gasteiger partial charge in [-0.05, 0) is 13.8 Å². The Hall–Kier alpha value is -1.69. The van der Waals surface area contributed by atoms with Crippen LogP contribution in [0, 0.1) is 12.3 Å². The first-order valence-electron chi connectivity index (χ1n) is 4.58. The molecule has 1 rings (SSSR count). The predicted octanol–water partition coefficient (Wildman–Crippen LogP) is 1.91. The highest BCUT2D eigenvalue weighted by Crippen LogP contribution is 2.16. The molecule has 1 aromatic rings. The second-order valence-corrected chi connectivity index (χ2v) is 2.87. The topological polar surface area (TPSA) is 34.1 Å². The molecule has 0 aromatic carbocycles. The predicted molar refractivity (Wildman–Crippen MR) is 57.3 cm³/mol. The van der Waals surface area contributed by atoms with E-state index in [0.717, 1.165) is 12.2 Å². The minimum absolute atomic E-state index is 0.228. The van der Waals surface area contributed by atoms with E-state index in [1.165, 1.54) is 0 Å².